The van der Waals surface area contributed by atoms with Crippen LogP contribution in [0.2, 0.25) is 0 Å². The number of hydrogen-bond donors (Lipinski definition) is 1. The molecule has 2 heterocycles. The average Bonchev–Trinajstić information content (AvgIpc) is 3.11. The fourth-order valence-electron chi connectivity index (χ4n) is 2.69. The molecule has 0 saturated heterocycles. The summed E-state index contributed by atoms with van der Waals surface area (Å²) < 4.78 is 79.1. The third-order valence-electron chi connectivity index (χ3n) is 3.80. The number of allylic oxidation sites excluding steroid dienone is 2. The van der Waals surface area contributed by atoms with Gasteiger partial charge in [-0.05, 0) is 24.5 Å². The lowest BCUT2D eigenvalue weighted by molar-refractivity contribution is -0.160. The van der Waals surface area contributed by atoms with Crippen LogP contribution in [0.1, 0.15) is 24.1 Å². The normalized spacial score (nSPS) is 18.5. The van der Waals surface area contributed by atoms with Gasteiger partial charge in [0.2, 0.25) is 0 Å². The number of hydrogen-bond acceptors (Lipinski definition) is 4. The zero-order valence-electron chi connectivity index (χ0n) is 12.4. The van der Waals surface area contributed by atoms with Crippen LogP contribution in [0.5, 0.6) is 0 Å². The molecule has 2 N–H and O–H groups in total. The zero-order valence-corrected chi connectivity index (χ0v) is 12.4. The summed E-state index contributed by atoms with van der Waals surface area (Å²) >= 11 is 0. The van der Waals surface area contributed by atoms with Crippen molar-refractivity contribution < 1.29 is 26.3 Å². The van der Waals surface area contributed by atoms with Crippen molar-refractivity contribution in [3.05, 3.63) is 35.8 Å². The molecule has 5 nitrogen and oxygen atoms in total. The highest BCUT2D eigenvalue weighted by molar-refractivity contribution is 5.77. The van der Waals surface area contributed by atoms with Crippen LogP contribution in [0.3, 0.4) is 0 Å². The van der Waals surface area contributed by atoms with Crippen molar-refractivity contribution in [1.82, 2.24) is 19.7 Å². The number of anilines is 1. The average molecular weight is 363 g/mol. The fourth-order valence-corrected chi connectivity index (χ4v) is 2.69. The van der Waals surface area contributed by atoms with Crippen molar-refractivity contribution in [1.29, 1.82) is 0 Å². The first-order chi connectivity index (χ1) is 11.6. The third kappa shape index (κ3) is 3.17. The summed E-state index contributed by atoms with van der Waals surface area (Å²) in [5, 5.41) is 3.40. The van der Waals surface area contributed by atoms with Gasteiger partial charge in [0.15, 0.2) is 5.69 Å². The Morgan fingerprint density at radius 3 is 2.24 bits per heavy atom. The van der Waals surface area contributed by atoms with E-state index in [1.54, 1.807) is 0 Å². The molecule has 0 spiro atoms. The number of nitrogen functional groups attached to an aromatic ring is 1. The highest BCUT2D eigenvalue weighted by atomic mass is 19.4. The Morgan fingerprint density at radius 2 is 1.72 bits per heavy atom. The van der Waals surface area contributed by atoms with Crippen molar-refractivity contribution >= 4 is 11.4 Å². The van der Waals surface area contributed by atoms with E-state index < -0.39 is 35.3 Å². The lowest BCUT2D eigenvalue weighted by atomic mass is 10.0. The standard InChI is InChI=1S/C14H11F6N5/c15-13(16,17)8-3-2-7(6-8)9-10(14(18,19)20)24-25(11(9)21)12-22-4-1-5-23-12/h1,4-6,8H,2-3,21H2. The second-order valence-electron chi connectivity index (χ2n) is 5.45. The van der Waals surface area contributed by atoms with Crippen molar-refractivity contribution in [2.75, 3.05) is 5.73 Å². The summed E-state index contributed by atoms with van der Waals surface area (Å²) in [6.07, 6.45) is -6.58. The molecule has 1 aliphatic rings. The first-order valence-electron chi connectivity index (χ1n) is 7.10. The van der Waals surface area contributed by atoms with E-state index in [0.29, 0.717) is 4.68 Å². The van der Waals surface area contributed by atoms with Crippen LogP contribution < -0.4 is 5.73 Å². The molecule has 134 valence electrons. The molecule has 0 aromatic carbocycles. The zero-order chi connectivity index (χ0) is 18.4. The van der Waals surface area contributed by atoms with E-state index in [2.05, 4.69) is 15.1 Å². The Bertz CT molecular complexity index is 806. The van der Waals surface area contributed by atoms with Crippen LogP contribution in [0.4, 0.5) is 32.2 Å². The lowest BCUT2D eigenvalue weighted by Crippen LogP contribution is -2.18. The second-order valence-corrected chi connectivity index (χ2v) is 5.45. The molecule has 11 heteroatoms. The van der Waals surface area contributed by atoms with E-state index >= 15 is 0 Å². The predicted octanol–water partition coefficient (Wildman–Crippen LogP) is 3.62. The molecule has 2 aromatic rings. The third-order valence-corrected chi connectivity index (χ3v) is 3.80. The predicted molar refractivity (Wildman–Crippen MR) is 75.3 cm³/mol. The molecule has 1 atom stereocenters. The Balaban J connectivity index is 2.15. The van der Waals surface area contributed by atoms with Gasteiger partial charge in [-0.3, -0.25) is 0 Å². The second kappa shape index (κ2) is 5.74. The summed E-state index contributed by atoms with van der Waals surface area (Å²) in [5.41, 5.74) is 3.73. The Morgan fingerprint density at radius 1 is 1.08 bits per heavy atom. The highest BCUT2D eigenvalue weighted by Crippen LogP contribution is 2.45. The monoisotopic (exact) mass is 363 g/mol. The van der Waals surface area contributed by atoms with Gasteiger partial charge in [-0.15, -0.1) is 0 Å². The van der Waals surface area contributed by atoms with Gasteiger partial charge in [0.05, 0.1) is 11.5 Å². The van der Waals surface area contributed by atoms with Crippen LogP contribution in [-0.4, -0.2) is 25.9 Å². The minimum atomic E-state index is -4.89. The first-order valence-corrected chi connectivity index (χ1v) is 7.10. The molecular formula is C14H11F6N5. The van der Waals surface area contributed by atoms with Gasteiger partial charge in [0.25, 0.3) is 5.95 Å². The summed E-state index contributed by atoms with van der Waals surface area (Å²) in [6, 6.07) is 1.45. The maximum atomic E-state index is 13.3. The van der Waals surface area contributed by atoms with Gasteiger partial charge in [0, 0.05) is 12.4 Å². The lowest BCUT2D eigenvalue weighted by Gasteiger charge is -2.10. The molecule has 1 aliphatic carbocycles. The van der Waals surface area contributed by atoms with Crippen LogP contribution in [0.15, 0.2) is 24.5 Å². The number of aromatic nitrogens is 4. The highest BCUT2D eigenvalue weighted by Gasteiger charge is 2.44. The van der Waals surface area contributed by atoms with Gasteiger partial charge in [-0.2, -0.15) is 36.1 Å². The van der Waals surface area contributed by atoms with Crippen molar-refractivity contribution in [2.45, 2.75) is 25.2 Å². The van der Waals surface area contributed by atoms with Gasteiger partial charge in [0.1, 0.15) is 5.82 Å². The topological polar surface area (TPSA) is 69.6 Å². The number of nitrogens with zero attached hydrogens (tertiary/aromatic N) is 4. The molecule has 0 fully saturated rings. The Labute approximate surface area is 137 Å². The van der Waals surface area contributed by atoms with Gasteiger partial charge >= 0.3 is 12.4 Å². The molecule has 3 rings (SSSR count). The molecule has 0 radical (unpaired) electrons. The SMILES string of the molecule is Nc1c(C2=CC(C(F)(F)F)CC2)c(C(F)(F)F)nn1-c1ncccn1. The van der Waals surface area contributed by atoms with Crippen LogP contribution in [0, 0.1) is 5.92 Å². The maximum absolute atomic E-state index is 13.3. The molecule has 25 heavy (non-hydrogen) atoms. The van der Waals surface area contributed by atoms with E-state index in [0.717, 1.165) is 6.08 Å². The number of nitrogens with two attached hydrogens (primary N) is 1. The van der Waals surface area contributed by atoms with Crippen LogP contribution >= 0.6 is 0 Å². The van der Waals surface area contributed by atoms with E-state index in [1.165, 1.54) is 18.5 Å². The molecule has 0 aliphatic heterocycles. The van der Waals surface area contributed by atoms with E-state index in [-0.39, 0.29) is 24.4 Å². The number of rotatable bonds is 2. The maximum Gasteiger partial charge on any atom is 0.435 e. The van der Waals surface area contributed by atoms with Crippen LogP contribution in [-0.2, 0) is 6.18 Å². The molecule has 0 amide bonds. The van der Waals surface area contributed by atoms with Crippen LogP contribution in [0.25, 0.3) is 11.5 Å². The van der Waals surface area contributed by atoms with E-state index in [1.807, 2.05) is 0 Å². The van der Waals surface area contributed by atoms with Crippen molar-refractivity contribution in [3.63, 3.8) is 0 Å². The number of halogens is 6. The molecular weight excluding hydrogens is 352 g/mol. The smallest absolute Gasteiger partial charge is 0.383 e. The molecule has 0 saturated carbocycles. The van der Waals surface area contributed by atoms with Gasteiger partial charge in [-0.1, -0.05) is 6.08 Å². The Hall–Kier alpha value is -2.59. The summed E-state index contributed by atoms with van der Waals surface area (Å²) in [5.74, 6) is -2.46. The molecule has 2 aromatic heterocycles. The molecule has 0 bridgehead atoms. The van der Waals surface area contributed by atoms with Gasteiger partial charge in [-0.25, -0.2) is 9.97 Å². The fraction of sp³-hybridized carbons (Fsp3) is 0.357. The van der Waals surface area contributed by atoms with Gasteiger partial charge < -0.3 is 5.73 Å². The summed E-state index contributed by atoms with van der Waals surface area (Å²) in [4.78, 5) is 7.54. The minimum Gasteiger partial charge on any atom is -0.383 e. The summed E-state index contributed by atoms with van der Waals surface area (Å²) in [6.45, 7) is 0. The first kappa shape index (κ1) is 17.2. The van der Waals surface area contributed by atoms with E-state index in [9.17, 15) is 26.3 Å². The van der Waals surface area contributed by atoms with Crippen molar-refractivity contribution in [2.24, 2.45) is 5.92 Å². The Kier molecular flexibility index (Phi) is 3.96. The molecule has 1 unspecified atom stereocenters. The van der Waals surface area contributed by atoms with E-state index in [4.69, 9.17) is 5.73 Å². The number of alkyl halides is 6. The summed E-state index contributed by atoms with van der Waals surface area (Å²) in [7, 11) is 0. The largest absolute Gasteiger partial charge is 0.435 e. The van der Waals surface area contributed by atoms with Crippen molar-refractivity contribution in [3.8, 4) is 5.95 Å². The quantitative estimate of drug-likeness (QED) is 0.828. The minimum absolute atomic E-state index is 0.130.